The Kier molecular flexibility index (Phi) is 9.36. The standard InChI is InChI=1S/C25H34F6N4O6S/c1-23(2,3)18(34-22(39)25(29,30)31)21(38)35-11-13-9-24(27,28)10-15(13)17(35)20(37)33-14(8-16(26)42(4,40)41)7-12-5-6-32-19(12)36/h8,12-15,17-18H,5-7,9-11H2,1-4H3,(H,32,36)(H,33,37)(H,34,39)/b16-8+/t12-,13-,14-,15-,17+,18+/m1/s1. The third-order valence-electron chi connectivity index (χ3n) is 7.79. The van der Waals surface area contributed by atoms with Crippen molar-refractivity contribution in [3.05, 3.63) is 11.2 Å². The smallest absolute Gasteiger partial charge is 0.356 e. The Labute approximate surface area is 238 Å². The minimum atomic E-state index is -5.33. The van der Waals surface area contributed by atoms with Crippen molar-refractivity contribution in [1.29, 1.82) is 0 Å². The zero-order valence-electron chi connectivity index (χ0n) is 23.4. The number of sulfone groups is 1. The molecule has 0 aromatic heterocycles. The number of halogens is 6. The number of hydrogen-bond acceptors (Lipinski definition) is 6. The number of carbonyl (C=O) groups is 4. The Morgan fingerprint density at radius 2 is 1.76 bits per heavy atom. The number of nitrogens with one attached hydrogen (secondary N) is 3. The van der Waals surface area contributed by atoms with Crippen LogP contribution in [0.2, 0.25) is 0 Å². The van der Waals surface area contributed by atoms with Crippen molar-refractivity contribution < 1.29 is 53.9 Å². The van der Waals surface area contributed by atoms with Crippen LogP contribution in [0.25, 0.3) is 0 Å². The quantitative estimate of drug-likeness (QED) is 0.349. The van der Waals surface area contributed by atoms with E-state index in [1.807, 2.05) is 0 Å². The summed E-state index contributed by atoms with van der Waals surface area (Å²) in [4.78, 5) is 52.0. The molecule has 2 aliphatic heterocycles. The molecule has 3 N–H and O–H groups in total. The molecule has 10 nitrogen and oxygen atoms in total. The highest BCUT2D eigenvalue weighted by molar-refractivity contribution is 7.94. The lowest BCUT2D eigenvalue weighted by atomic mass is 9.85. The first-order valence-electron chi connectivity index (χ1n) is 13.2. The van der Waals surface area contributed by atoms with Crippen molar-refractivity contribution in [3.63, 3.8) is 0 Å². The molecule has 2 saturated heterocycles. The highest BCUT2D eigenvalue weighted by Crippen LogP contribution is 2.50. The van der Waals surface area contributed by atoms with E-state index < -0.39 is 111 Å². The van der Waals surface area contributed by atoms with E-state index in [1.54, 1.807) is 5.32 Å². The van der Waals surface area contributed by atoms with Crippen LogP contribution in [0.3, 0.4) is 0 Å². The molecule has 0 aromatic carbocycles. The molecule has 0 spiro atoms. The summed E-state index contributed by atoms with van der Waals surface area (Å²) < 4.78 is 106. The van der Waals surface area contributed by atoms with Gasteiger partial charge in [0.25, 0.3) is 0 Å². The maximum absolute atomic E-state index is 14.5. The molecule has 0 radical (unpaired) electrons. The first kappa shape index (κ1) is 33.6. The fraction of sp³-hybridized carbons (Fsp3) is 0.760. The number of hydrogen-bond donors (Lipinski definition) is 3. The number of amides is 4. The predicted octanol–water partition coefficient (Wildman–Crippen LogP) is 1.82. The summed E-state index contributed by atoms with van der Waals surface area (Å²) in [6, 6.07) is -4.87. The van der Waals surface area contributed by atoms with Crippen molar-refractivity contribution >= 4 is 33.5 Å². The number of fused-ring (bicyclic) bond motifs is 1. The van der Waals surface area contributed by atoms with E-state index in [2.05, 4.69) is 10.6 Å². The number of alkyl halides is 5. The Balaban J connectivity index is 1.97. The largest absolute Gasteiger partial charge is 0.471 e. The van der Waals surface area contributed by atoms with Crippen LogP contribution in [0.5, 0.6) is 0 Å². The minimum absolute atomic E-state index is 0.252. The topological polar surface area (TPSA) is 142 Å². The second kappa shape index (κ2) is 11.7. The van der Waals surface area contributed by atoms with Gasteiger partial charge in [-0.1, -0.05) is 20.8 Å². The molecule has 3 fully saturated rings. The van der Waals surface area contributed by atoms with Crippen LogP contribution < -0.4 is 16.0 Å². The first-order valence-corrected chi connectivity index (χ1v) is 15.1. The van der Waals surface area contributed by atoms with Crippen molar-refractivity contribution in [2.45, 2.75) is 76.7 Å². The molecule has 17 heteroatoms. The van der Waals surface area contributed by atoms with Gasteiger partial charge < -0.3 is 20.9 Å². The monoisotopic (exact) mass is 632 g/mol. The van der Waals surface area contributed by atoms with Gasteiger partial charge >= 0.3 is 12.1 Å². The Bertz CT molecular complexity index is 1250. The van der Waals surface area contributed by atoms with Crippen LogP contribution >= 0.6 is 0 Å². The predicted molar refractivity (Wildman–Crippen MR) is 136 cm³/mol. The average molecular weight is 633 g/mol. The summed E-state index contributed by atoms with van der Waals surface area (Å²) in [6.45, 7) is 3.97. The Morgan fingerprint density at radius 1 is 1.14 bits per heavy atom. The van der Waals surface area contributed by atoms with Gasteiger partial charge in [0.15, 0.2) is 0 Å². The van der Waals surface area contributed by atoms with Crippen molar-refractivity contribution in [2.75, 3.05) is 19.3 Å². The molecule has 0 unspecified atom stereocenters. The van der Waals surface area contributed by atoms with Crippen LogP contribution in [-0.2, 0) is 29.0 Å². The number of rotatable bonds is 8. The van der Waals surface area contributed by atoms with Crippen molar-refractivity contribution in [1.82, 2.24) is 20.9 Å². The van der Waals surface area contributed by atoms with Crippen LogP contribution in [0.1, 0.15) is 46.5 Å². The lowest BCUT2D eigenvalue weighted by Crippen LogP contribution is -2.60. The normalized spacial score (nSPS) is 27.7. The molecule has 1 saturated carbocycles. The minimum Gasteiger partial charge on any atom is -0.356 e. The summed E-state index contributed by atoms with van der Waals surface area (Å²) in [6.07, 6.45) is -5.67. The summed E-state index contributed by atoms with van der Waals surface area (Å²) >= 11 is 0. The van der Waals surface area contributed by atoms with Gasteiger partial charge in [0.2, 0.25) is 38.6 Å². The van der Waals surface area contributed by atoms with Gasteiger partial charge in [-0.15, -0.1) is 0 Å². The molecule has 3 rings (SSSR count). The van der Waals surface area contributed by atoms with Gasteiger partial charge in [0.05, 0.1) is 6.04 Å². The summed E-state index contributed by atoms with van der Waals surface area (Å²) in [5, 5.41) is 4.95. The van der Waals surface area contributed by atoms with E-state index in [1.165, 1.54) is 20.8 Å². The van der Waals surface area contributed by atoms with Crippen LogP contribution in [0.15, 0.2) is 11.2 Å². The van der Waals surface area contributed by atoms with Gasteiger partial charge in [0, 0.05) is 38.1 Å². The fourth-order valence-corrected chi connectivity index (χ4v) is 6.19. The lowest BCUT2D eigenvalue weighted by Gasteiger charge is -2.37. The zero-order valence-corrected chi connectivity index (χ0v) is 24.2. The lowest BCUT2D eigenvalue weighted by molar-refractivity contribution is -0.176. The third-order valence-corrected chi connectivity index (χ3v) is 8.63. The number of likely N-dealkylation sites (tertiary alicyclic amines) is 1. The molecule has 3 aliphatic rings. The van der Waals surface area contributed by atoms with Gasteiger partial charge in [-0.05, 0) is 36.2 Å². The second-order valence-corrected chi connectivity index (χ2v) is 14.2. The van der Waals surface area contributed by atoms with Crippen LogP contribution in [-0.4, -0.2) is 86.5 Å². The first-order chi connectivity index (χ1) is 19.0. The van der Waals surface area contributed by atoms with Gasteiger partial charge in [-0.2, -0.15) is 17.6 Å². The molecule has 0 aromatic rings. The van der Waals surface area contributed by atoms with E-state index in [-0.39, 0.29) is 19.4 Å². The Hall–Kier alpha value is -2.85. The summed E-state index contributed by atoms with van der Waals surface area (Å²) in [5.41, 5.74) is -1.31. The maximum atomic E-state index is 14.5. The summed E-state index contributed by atoms with van der Waals surface area (Å²) in [5.74, 6) is -11.0. The molecule has 4 amide bonds. The molecule has 238 valence electrons. The molecule has 6 atom stereocenters. The second-order valence-electron chi connectivity index (χ2n) is 12.3. The molecule has 1 aliphatic carbocycles. The van der Waals surface area contributed by atoms with E-state index in [9.17, 15) is 53.9 Å². The maximum Gasteiger partial charge on any atom is 0.471 e. The zero-order chi connectivity index (χ0) is 32.0. The van der Waals surface area contributed by atoms with E-state index >= 15 is 0 Å². The molecule has 0 bridgehead atoms. The van der Waals surface area contributed by atoms with Gasteiger partial charge in [0.1, 0.15) is 12.1 Å². The highest BCUT2D eigenvalue weighted by atomic mass is 32.2. The summed E-state index contributed by atoms with van der Waals surface area (Å²) in [7, 11) is -4.36. The van der Waals surface area contributed by atoms with Crippen LogP contribution in [0, 0.1) is 23.2 Å². The SMILES string of the molecule is CC(C)(C)[C@@H](NC(=O)C(F)(F)F)C(=O)N1C[C@H]2CC(F)(F)C[C@H]2[C@H]1C(=O)N[C@@H](/C=C(\F)S(C)(=O)=O)C[C@H]1CCNC1=O. The molecular formula is C25H34F6N4O6S. The highest BCUT2D eigenvalue weighted by Gasteiger charge is 2.59. The Morgan fingerprint density at radius 3 is 2.26 bits per heavy atom. The van der Waals surface area contributed by atoms with Gasteiger partial charge in [-0.25, -0.2) is 17.2 Å². The molecular weight excluding hydrogens is 598 g/mol. The molecule has 42 heavy (non-hydrogen) atoms. The van der Waals surface area contributed by atoms with E-state index in [0.29, 0.717) is 12.3 Å². The number of nitrogens with zero attached hydrogens (tertiary/aromatic N) is 1. The van der Waals surface area contributed by atoms with E-state index in [0.717, 1.165) is 4.90 Å². The molecule has 2 heterocycles. The average Bonchev–Trinajstić information content (AvgIpc) is 3.45. The van der Waals surface area contributed by atoms with Crippen LogP contribution in [0.4, 0.5) is 26.3 Å². The third kappa shape index (κ3) is 7.75. The number of carbonyl (C=O) groups excluding carboxylic acids is 4. The van der Waals surface area contributed by atoms with E-state index in [4.69, 9.17) is 0 Å². The fourth-order valence-electron chi connectivity index (χ4n) is 5.78. The van der Waals surface area contributed by atoms with Crippen molar-refractivity contribution in [2.24, 2.45) is 23.2 Å². The van der Waals surface area contributed by atoms with Gasteiger partial charge in [-0.3, -0.25) is 19.2 Å². The van der Waals surface area contributed by atoms with Crippen molar-refractivity contribution in [3.8, 4) is 0 Å².